The maximum Gasteiger partial charge on any atom is 0.233 e. The van der Waals surface area contributed by atoms with Crippen LogP contribution >= 0.6 is 11.6 Å². The molecule has 1 aromatic carbocycles. The summed E-state index contributed by atoms with van der Waals surface area (Å²) in [4.78, 5) is 37.7. The molecular formula is C20H24ClFN2O4. The van der Waals surface area contributed by atoms with Crippen molar-refractivity contribution in [3.8, 4) is 5.75 Å². The number of benzene rings is 1. The first-order valence-electron chi connectivity index (χ1n) is 9.38. The number of carbonyl (C=O) groups is 3. The van der Waals surface area contributed by atoms with E-state index < -0.39 is 11.2 Å². The normalized spacial score (nSPS) is 23.1. The van der Waals surface area contributed by atoms with Gasteiger partial charge in [-0.25, -0.2) is 4.39 Å². The molecule has 2 fully saturated rings. The summed E-state index contributed by atoms with van der Waals surface area (Å²) in [6.07, 6.45) is 2.16. The van der Waals surface area contributed by atoms with Crippen LogP contribution in [0.15, 0.2) is 12.1 Å². The lowest BCUT2D eigenvalue weighted by molar-refractivity contribution is -0.133. The monoisotopic (exact) mass is 410 g/mol. The van der Waals surface area contributed by atoms with Crippen LogP contribution in [0.2, 0.25) is 5.02 Å². The third-order valence-corrected chi connectivity index (χ3v) is 6.09. The standard InChI is InChI=1S/C20H24ClFN2O4/c1-20(11-17(25)23-19(20)27)6-3-18(26)24-7-4-12(5-8-24)13-9-14(21)15(22)10-16(13)28-2/h9-10,12H,3-8,11H2,1-2H3,(H,23,25,27)/t20-/m0/s1. The smallest absolute Gasteiger partial charge is 0.233 e. The first kappa shape index (κ1) is 20.6. The molecule has 0 radical (unpaired) electrons. The Bertz CT molecular complexity index is 808. The largest absolute Gasteiger partial charge is 0.496 e. The SMILES string of the molecule is COc1cc(F)c(Cl)cc1C1CCN(C(=O)CC[C@@]2(C)CC(=O)NC2=O)CC1. The van der Waals surface area contributed by atoms with E-state index in [4.69, 9.17) is 16.3 Å². The van der Waals surface area contributed by atoms with Gasteiger partial charge in [0.2, 0.25) is 17.7 Å². The zero-order valence-corrected chi connectivity index (χ0v) is 16.8. The molecule has 28 heavy (non-hydrogen) atoms. The minimum atomic E-state index is -0.802. The Kier molecular flexibility index (Phi) is 5.93. The third-order valence-electron chi connectivity index (χ3n) is 5.80. The molecule has 1 atom stereocenters. The molecule has 6 nitrogen and oxygen atoms in total. The van der Waals surface area contributed by atoms with E-state index in [0.29, 0.717) is 25.3 Å². The van der Waals surface area contributed by atoms with Crippen LogP contribution in [0.25, 0.3) is 0 Å². The molecule has 0 aliphatic carbocycles. The number of imide groups is 1. The molecule has 2 aliphatic rings. The number of nitrogens with one attached hydrogen (secondary N) is 1. The second-order valence-corrected chi connectivity index (χ2v) is 8.19. The fourth-order valence-electron chi connectivity index (χ4n) is 3.98. The van der Waals surface area contributed by atoms with Crippen LogP contribution < -0.4 is 10.1 Å². The summed E-state index contributed by atoms with van der Waals surface area (Å²) in [7, 11) is 1.50. The van der Waals surface area contributed by atoms with Gasteiger partial charge in [0, 0.05) is 32.0 Å². The molecule has 1 N–H and O–H groups in total. The van der Waals surface area contributed by atoms with Crippen molar-refractivity contribution in [2.45, 2.75) is 44.9 Å². The number of ether oxygens (including phenoxy) is 1. The van der Waals surface area contributed by atoms with Gasteiger partial charge in [-0.3, -0.25) is 19.7 Å². The molecule has 0 aromatic heterocycles. The van der Waals surface area contributed by atoms with Crippen molar-refractivity contribution >= 4 is 29.3 Å². The fourth-order valence-corrected chi connectivity index (χ4v) is 4.15. The molecule has 2 saturated heterocycles. The van der Waals surface area contributed by atoms with Crippen molar-refractivity contribution in [2.75, 3.05) is 20.2 Å². The Balaban J connectivity index is 1.57. The van der Waals surface area contributed by atoms with Gasteiger partial charge in [-0.15, -0.1) is 0 Å². The van der Waals surface area contributed by atoms with Crippen molar-refractivity contribution in [3.63, 3.8) is 0 Å². The fraction of sp³-hybridized carbons (Fsp3) is 0.550. The highest BCUT2D eigenvalue weighted by atomic mass is 35.5. The molecule has 0 saturated carbocycles. The first-order valence-corrected chi connectivity index (χ1v) is 9.76. The number of rotatable bonds is 5. The zero-order chi connectivity index (χ0) is 20.5. The number of hydrogen-bond donors (Lipinski definition) is 1. The Labute approximate surface area is 168 Å². The van der Waals surface area contributed by atoms with Crippen LogP contribution in [0.4, 0.5) is 4.39 Å². The van der Waals surface area contributed by atoms with Crippen LogP contribution in [-0.2, 0) is 14.4 Å². The van der Waals surface area contributed by atoms with E-state index in [1.807, 2.05) is 0 Å². The van der Waals surface area contributed by atoms with Crippen LogP contribution in [-0.4, -0.2) is 42.8 Å². The summed E-state index contributed by atoms with van der Waals surface area (Å²) >= 11 is 5.93. The van der Waals surface area contributed by atoms with Gasteiger partial charge in [0.1, 0.15) is 11.6 Å². The highest BCUT2D eigenvalue weighted by molar-refractivity contribution is 6.30. The lowest BCUT2D eigenvalue weighted by atomic mass is 9.83. The third kappa shape index (κ3) is 4.14. The van der Waals surface area contributed by atoms with E-state index in [0.717, 1.165) is 18.4 Å². The molecule has 3 rings (SSSR count). The van der Waals surface area contributed by atoms with Gasteiger partial charge in [0.15, 0.2) is 0 Å². The number of nitrogens with zero attached hydrogens (tertiary/aromatic N) is 1. The van der Waals surface area contributed by atoms with Crippen molar-refractivity contribution in [1.29, 1.82) is 0 Å². The molecule has 2 heterocycles. The Morgan fingerprint density at radius 2 is 2.04 bits per heavy atom. The van der Waals surface area contributed by atoms with Gasteiger partial charge < -0.3 is 9.64 Å². The number of amides is 3. The van der Waals surface area contributed by atoms with Gasteiger partial charge >= 0.3 is 0 Å². The topological polar surface area (TPSA) is 75.7 Å². The van der Waals surface area contributed by atoms with E-state index in [1.165, 1.54) is 13.2 Å². The number of hydrogen-bond acceptors (Lipinski definition) is 4. The van der Waals surface area contributed by atoms with E-state index in [1.54, 1.807) is 17.9 Å². The van der Waals surface area contributed by atoms with Crippen molar-refractivity contribution in [2.24, 2.45) is 5.41 Å². The quantitative estimate of drug-likeness (QED) is 0.757. The minimum Gasteiger partial charge on any atom is -0.496 e. The summed E-state index contributed by atoms with van der Waals surface area (Å²) < 4.78 is 19.0. The average Bonchev–Trinajstić information content (AvgIpc) is 2.93. The lowest BCUT2D eigenvalue weighted by Crippen LogP contribution is -2.39. The Morgan fingerprint density at radius 1 is 1.36 bits per heavy atom. The number of halogens is 2. The molecule has 152 valence electrons. The highest BCUT2D eigenvalue weighted by Gasteiger charge is 2.42. The van der Waals surface area contributed by atoms with E-state index in [2.05, 4.69) is 5.32 Å². The molecule has 0 bridgehead atoms. The van der Waals surface area contributed by atoms with Gasteiger partial charge in [-0.2, -0.15) is 0 Å². The molecule has 0 spiro atoms. The van der Waals surface area contributed by atoms with Crippen molar-refractivity contribution in [3.05, 3.63) is 28.5 Å². The summed E-state index contributed by atoms with van der Waals surface area (Å²) in [5, 5.41) is 2.36. The second kappa shape index (κ2) is 8.07. The Morgan fingerprint density at radius 3 is 2.61 bits per heavy atom. The van der Waals surface area contributed by atoms with Crippen LogP contribution in [0.5, 0.6) is 5.75 Å². The maximum atomic E-state index is 13.7. The van der Waals surface area contributed by atoms with Crippen LogP contribution in [0.3, 0.4) is 0 Å². The summed E-state index contributed by atoms with van der Waals surface area (Å²) in [5.74, 6) is -0.518. The first-order chi connectivity index (χ1) is 13.2. The van der Waals surface area contributed by atoms with E-state index >= 15 is 0 Å². The number of likely N-dealkylation sites (tertiary alicyclic amines) is 1. The van der Waals surface area contributed by atoms with Crippen LogP contribution in [0, 0.1) is 11.2 Å². The van der Waals surface area contributed by atoms with Crippen LogP contribution in [0.1, 0.15) is 50.5 Å². The van der Waals surface area contributed by atoms with Crippen molar-refractivity contribution < 1.29 is 23.5 Å². The number of methoxy groups -OCH3 is 1. The average molecular weight is 411 g/mol. The molecule has 3 amide bonds. The summed E-state index contributed by atoms with van der Waals surface area (Å²) in [6, 6.07) is 2.90. The second-order valence-electron chi connectivity index (χ2n) is 7.78. The molecule has 1 aromatic rings. The zero-order valence-electron chi connectivity index (χ0n) is 16.0. The van der Waals surface area contributed by atoms with Gasteiger partial charge in [0.05, 0.1) is 17.5 Å². The minimum absolute atomic E-state index is 0.0177. The molecule has 8 heteroatoms. The van der Waals surface area contributed by atoms with Gasteiger partial charge in [0.25, 0.3) is 0 Å². The predicted molar refractivity (Wildman–Crippen MR) is 102 cm³/mol. The van der Waals surface area contributed by atoms with Gasteiger partial charge in [-0.1, -0.05) is 18.5 Å². The summed E-state index contributed by atoms with van der Waals surface area (Å²) in [6.45, 7) is 2.87. The lowest BCUT2D eigenvalue weighted by Gasteiger charge is -2.33. The van der Waals surface area contributed by atoms with Gasteiger partial charge in [-0.05, 0) is 36.8 Å². The van der Waals surface area contributed by atoms with E-state index in [-0.39, 0.29) is 41.5 Å². The maximum absolute atomic E-state index is 13.7. The van der Waals surface area contributed by atoms with Crippen molar-refractivity contribution in [1.82, 2.24) is 10.2 Å². The highest BCUT2D eigenvalue weighted by Crippen LogP contribution is 2.38. The molecule has 2 aliphatic heterocycles. The predicted octanol–water partition coefficient (Wildman–Crippen LogP) is 3.03. The molecular weight excluding hydrogens is 387 g/mol. The number of piperidine rings is 1. The summed E-state index contributed by atoms with van der Waals surface area (Å²) in [5.41, 5.74) is 0.0539. The Hall–Kier alpha value is -2.15. The molecule has 0 unspecified atom stereocenters. The number of carbonyl (C=O) groups excluding carboxylic acids is 3. The van der Waals surface area contributed by atoms with E-state index in [9.17, 15) is 18.8 Å².